The maximum Gasteiger partial charge on any atom is 0.122 e. The highest BCUT2D eigenvalue weighted by Crippen LogP contribution is 2.33. The van der Waals surface area contributed by atoms with Gasteiger partial charge in [-0.1, -0.05) is 18.2 Å². The third kappa shape index (κ3) is 2.87. The number of nitrogens with two attached hydrogens (primary N) is 1. The van der Waals surface area contributed by atoms with E-state index in [0.29, 0.717) is 18.2 Å². The fraction of sp³-hybridized carbons (Fsp3) is 0.538. The van der Waals surface area contributed by atoms with Gasteiger partial charge in [-0.15, -0.1) is 0 Å². The SMILES string of the molecule is CC(CN)S(=O)CC1CCOc2ccccc21. The van der Waals surface area contributed by atoms with Crippen LogP contribution in [0.1, 0.15) is 24.8 Å². The van der Waals surface area contributed by atoms with Gasteiger partial charge in [0.2, 0.25) is 0 Å². The minimum Gasteiger partial charge on any atom is -0.493 e. The number of hydrogen-bond donors (Lipinski definition) is 1. The van der Waals surface area contributed by atoms with Crippen molar-refractivity contribution in [2.45, 2.75) is 24.5 Å². The number of rotatable bonds is 4. The molecule has 1 aromatic carbocycles. The van der Waals surface area contributed by atoms with E-state index in [0.717, 1.165) is 18.8 Å². The molecule has 0 spiro atoms. The van der Waals surface area contributed by atoms with Crippen molar-refractivity contribution in [2.75, 3.05) is 18.9 Å². The molecule has 2 N–H and O–H groups in total. The predicted molar refractivity (Wildman–Crippen MR) is 70.8 cm³/mol. The third-order valence-corrected chi connectivity index (χ3v) is 5.05. The lowest BCUT2D eigenvalue weighted by Gasteiger charge is -2.26. The monoisotopic (exact) mass is 253 g/mol. The van der Waals surface area contributed by atoms with Crippen LogP contribution in [-0.4, -0.2) is 28.4 Å². The molecule has 94 valence electrons. The summed E-state index contributed by atoms with van der Waals surface area (Å²) in [5, 5.41) is 0.0741. The second-order valence-corrected chi connectivity index (χ2v) is 6.37. The van der Waals surface area contributed by atoms with Crippen LogP contribution >= 0.6 is 0 Å². The smallest absolute Gasteiger partial charge is 0.122 e. The summed E-state index contributed by atoms with van der Waals surface area (Å²) in [4.78, 5) is 0. The maximum atomic E-state index is 12.0. The van der Waals surface area contributed by atoms with E-state index in [1.165, 1.54) is 5.56 Å². The fourth-order valence-electron chi connectivity index (χ4n) is 2.06. The zero-order chi connectivity index (χ0) is 12.3. The Hall–Kier alpha value is -0.870. The summed E-state index contributed by atoms with van der Waals surface area (Å²) in [6.45, 7) is 3.15. The van der Waals surface area contributed by atoms with E-state index < -0.39 is 10.8 Å². The van der Waals surface area contributed by atoms with E-state index in [1.807, 2.05) is 25.1 Å². The molecule has 0 radical (unpaired) electrons. The van der Waals surface area contributed by atoms with E-state index in [9.17, 15) is 4.21 Å². The van der Waals surface area contributed by atoms with Gasteiger partial charge in [-0.25, -0.2) is 0 Å². The molecular weight excluding hydrogens is 234 g/mol. The average molecular weight is 253 g/mol. The second-order valence-electron chi connectivity index (χ2n) is 4.47. The number of hydrogen-bond acceptors (Lipinski definition) is 3. The topological polar surface area (TPSA) is 52.3 Å². The van der Waals surface area contributed by atoms with E-state index in [-0.39, 0.29) is 5.25 Å². The first-order chi connectivity index (χ1) is 8.22. The van der Waals surface area contributed by atoms with Crippen LogP contribution in [-0.2, 0) is 10.8 Å². The first-order valence-electron chi connectivity index (χ1n) is 6.01. The number of para-hydroxylation sites is 1. The molecule has 3 atom stereocenters. The van der Waals surface area contributed by atoms with Crippen LogP contribution in [0.4, 0.5) is 0 Å². The Bertz CT molecular complexity index is 408. The molecule has 3 unspecified atom stereocenters. The molecule has 3 nitrogen and oxygen atoms in total. The molecule has 2 rings (SSSR count). The summed E-state index contributed by atoms with van der Waals surface area (Å²) < 4.78 is 17.6. The van der Waals surface area contributed by atoms with Gasteiger partial charge in [0.05, 0.1) is 6.61 Å². The zero-order valence-corrected chi connectivity index (χ0v) is 10.9. The molecule has 4 heteroatoms. The molecule has 0 saturated carbocycles. The normalized spacial score (nSPS) is 22.4. The lowest BCUT2D eigenvalue weighted by Crippen LogP contribution is -2.27. The van der Waals surface area contributed by atoms with Crippen molar-refractivity contribution >= 4 is 10.8 Å². The second kappa shape index (κ2) is 5.65. The van der Waals surface area contributed by atoms with Crippen molar-refractivity contribution in [3.05, 3.63) is 29.8 Å². The van der Waals surface area contributed by atoms with Crippen LogP contribution in [0.3, 0.4) is 0 Å². The van der Waals surface area contributed by atoms with Crippen molar-refractivity contribution in [2.24, 2.45) is 5.73 Å². The molecule has 0 amide bonds. The first kappa shape index (κ1) is 12.6. The summed E-state index contributed by atoms with van der Waals surface area (Å²) in [5.74, 6) is 1.98. The highest BCUT2D eigenvalue weighted by molar-refractivity contribution is 7.85. The highest BCUT2D eigenvalue weighted by atomic mass is 32.2. The van der Waals surface area contributed by atoms with Gasteiger partial charge in [0.15, 0.2) is 0 Å². The minimum absolute atomic E-state index is 0.0741. The van der Waals surface area contributed by atoms with Gasteiger partial charge in [0.25, 0.3) is 0 Å². The average Bonchev–Trinajstić information content (AvgIpc) is 2.38. The Morgan fingerprint density at radius 2 is 2.29 bits per heavy atom. The number of fused-ring (bicyclic) bond motifs is 1. The van der Waals surface area contributed by atoms with Gasteiger partial charge < -0.3 is 10.5 Å². The molecule has 1 aliphatic heterocycles. The van der Waals surface area contributed by atoms with E-state index in [1.54, 1.807) is 0 Å². The maximum absolute atomic E-state index is 12.0. The lowest BCUT2D eigenvalue weighted by atomic mass is 9.95. The summed E-state index contributed by atoms with van der Waals surface area (Å²) in [5.41, 5.74) is 6.75. The Kier molecular flexibility index (Phi) is 4.18. The van der Waals surface area contributed by atoms with Crippen molar-refractivity contribution in [3.8, 4) is 5.75 Å². The molecule has 0 fully saturated rings. The van der Waals surface area contributed by atoms with Gasteiger partial charge >= 0.3 is 0 Å². The lowest BCUT2D eigenvalue weighted by molar-refractivity contribution is 0.273. The predicted octanol–water partition coefficient (Wildman–Crippen LogP) is 1.65. The van der Waals surface area contributed by atoms with Crippen LogP contribution in [0.15, 0.2) is 24.3 Å². The van der Waals surface area contributed by atoms with Crippen molar-refractivity contribution in [1.82, 2.24) is 0 Å². The van der Waals surface area contributed by atoms with Crippen LogP contribution in [0.2, 0.25) is 0 Å². The Morgan fingerprint density at radius 3 is 3.06 bits per heavy atom. The van der Waals surface area contributed by atoms with Gasteiger partial charge in [-0.05, 0) is 25.0 Å². The van der Waals surface area contributed by atoms with Crippen LogP contribution in [0, 0.1) is 0 Å². The molecule has 0 bridgehead atoms. The van der Waals surface area contributed by atoms with Gasteiger partial charge in [0, 0.05) is 34.3 Å². The molecule has 1 aromatic rings. The highest BCUT2D eigenvalue weighted by Gasteiger charge is 2.24. The number of benzene rings is 1. The van der Waals surface area contributed by atoms with Crippen molar-refractivity contribution in [1.29, 1.82) is 0 Å². The zero-order valence-electron chi connectivity index (χ0n) is 10.1. The van der Waals surface area contributed by atoms with Crippen molar-refractivity contribution < 1.29 is 8.95 Å². The van der Waals surface area contributed by atoms with Gasteiger partial charge in [-0.2, -0.15) is 0 Å². The van der Waals surface area contributed by atoms with Crippen LogP contribution < -0.4 is 10.5 Å². The van der Waals surface area contributed by atoms with Crippen LogP contribution in [0.5, 0.6) is 5.75 Å². The van der Waals surface area contributed by atoms with E-state index in [2.05, 4.69) is 6.07 Å². The molecule has 0 aliphatic carbocycles. The van der Waals surface area contributed by atoms with E-state index >= 15 is 0 Å². The minimum atomic E-state index is -0.850. The summed E-state index contributed by atoms with van der Waals surface area (Å²) >= 11 is 0. The molecular formula is C13H19NO2S. The van der Waals surface area contributed by atoms with Gasteiger partial charge in [0.1, 0.15) is 5.75 Å². The molecule has 17 heavy (non-hydrogen) atoms. The summed E-state index contributed by atoms with van der Waals surface area (Å²) in [7, 11) is -0.850. The molecule has 0 saturated heterocycles. The largest absolute Gasteiger partial charge is 0.493 e. The molecule has 1 aliphatic rings. The number of ether oxygens (including phenoxy) is 1. The fourth-order valence-corrected chi connectivity index (χ4v) is 3.34. The van der Waals surface area contributed by atoms with E-state index in [4.69, 9.17) is 10.5 Å². The summed E-state index contributed by atoms with van der Waals surface area (Å²) in [6, 6.07) is 8.04. The molecule has 1 heterocycles. The third-order valence-electron chi connectivity index (χ3n) is 3.23. The van der Waals surface area contributed by atoms with Crippen LogP contribution in [0.25, 0.3) is 0 Å². The molecule has 0 aromatic heterocycles. The van der Waals surface area contributed by atoms with Crippen molar-refractivity contribution in [3.63, 3.8) is 0 Å². The summed E-state index contributed by atoms with van der Waals surface area (Å²) in [6.07, 6.45) is 0.944. The first-order valence-corrected chi connectivity index (χ1v) is 7.39. The standard InChI is InChI=1S/C13H19NO2S/c1-10(8-14)17(15)9-11-6-7-16-13-5-3-2-4-12(11)13/h2-5,10-11H,6-9,14H2,1H3. The Labute approximate surface area is 105 Å². The quantitative estimate of drug-likeness (QED) is 0.887. The van der Waals surface area contributed by atoms with Gasteiger partial charge in [-0.3, -0.25) is 4.21 Å². The Morgan fingerprint density at radius 1 is 1.53 bits per heavy atom. The Balaban J connectivity index is 2.11.